The maximum Gasteiger partial charge on any atom is 0.115 e. The average Bonchev–Trinajstić information content (AvgIpc) is 2.81. The molecule has 0 bridgehead atoms. The molecule has 1 aromatic heterocycles. The highest BCUT2D eigenvalue weighted by Crippen LogP contribution is 2.23. The summed E-state index contributed by atoms with van der Waals surface area (Å²) in [6.07, 6.45) is 3.08. The lowest BCUT2D eigenvalue weighted by atomic mass is 10.1. The largest absolute Gasteiger partial charge is 0.508 e. The Morgan fingerprint density at radius 2 is 1.75 bits per heavy atom. The predicted octanol–water partition coefficient (Wildman–Crippen LogP) is 2.90. The summed E-state index contributed by atoms with van der Waals surface area (Å²) in [4.78, 5) is 0. The molecule has 0 saturated carbocycles. The average molecular weight is 266 g/mol. The van der Waals surface area contributed by atoms with Gasteiger partial charge in [0.05, 0.1) is 0 Å². The zero-order valence-corrected chi connectivity index (χ0v) is 11.3. The summed E-state index contributed by atoms with van der Waals surface area (Å²) in [5.41, 5.74) is 9.38. The monoisotopic (exact) mass is 266 g/mol. The smallest absolute Gasteiger partial charge is 0.115 e. The molecule has 102 valence electrons. The van der Waals surface area contributed by atoms with Crippen molar-refractivity contribution < 1.29 is 5.11 Å². The molecule has 0 amide bonds. The summed E-state index contributed by atoms with van der Waals surface area (Å²) in [5.74, 6) is 0.301. The van der Waals surface area contributed by atoms with Gasteiger partial charge in [-0.3, -0.25) is 0 Å². The molecule has 0 aliphatic heterocycles. The fourth-order valence-electron chi connectivity index (χ4n) is 2.61. The Morgan fingerprint density at radius 1 is 1.00 bits per heavy atom. The van der Waals surface area contributed by atoms with Gasteiger partial charge in [-0.25, -0.2) is 0 Å². The highest BCUT2D eigenvalue weighted by atomic mass is 16.3. The summed E-state index contributed by atoms with van der Waals surface area (Å²) in [5, 5.41) is 10.6. The van der Waals surface area contributed by atoms with E-state index in [2.05, 4.69) is 35.0 Å². The fraction of sp³-hybridized carbons (Fsp3) is 0.176. The Balaban J connectivity index is 2.00. The van der Waals surface area contributed by atoms with Crippen LogP contribution in [0.2, 0.25) is 0 Å². The van der Waals surface area contributed by atoms with E-state index in [-0.39, 0.29) is 0 Å². The van der Waals surface area contributed by atoms with E-state index in [1.54, 1.807) is 12.1 Å². The number of benzene rings is 2. The van der Waals surface area contributed by atoms with Gasteiger partial charge in [0.15, 0.2) is 0 Å². The van der Waals surface area contributed by atoms with Crippen LogP contribution in [0, 0.1) is 0 Å². The molecule has 0 radical (unpaired) electrons. The number of para-hydroxylation sites is 1. The standard InChI is InChI=1S/C17H18N2O/c18-10-9-14-12-19(17-4-2-1-3-16(14)17)11-13-5-7-15(20)8-6-13/h1-8,12,20H,9-11,18H2. The third-order valence-corrected chi connectivity index (χ3v) is 3.57. The second kappa shape index (κ2) is 5.39. The van der Waals surface area contributed by atoms with Crippen molar-refractivity contribution in [1.29, 1.82) is 0 Å². The van der Waals surface area contributed by atoms with Crippen molar-refractivity contribution in [3.8, 4) is 5.75 Å². The van der Waals surface area contributed by atoms with Gasteiger partial charge in [0, 0.05) is 23.6 Å². The maximum atomic E-state index is 9.35. The van der Waals surface area contributed by atoms with Crippen molar-refractivity contribution in [3.05, 3.63) is 65.9 Å². The number of hydrogen-bond acceptors (Lipinski definition) is 2. The van der Waals surface area contributed by atoms with Gasteiger partial charge in [0.25, 0.3) is 0 Å². The molecular weight excluding hydrogens is 248 g/mol. The zero-order valence-electron chi connectivity index (χ0n) is 11.3. The molecule has 0 atom stereocenters. The molecule has 20 heavy (non-hydrogen) atoms. The van der Waals surface area contributed by atoms with Crippen molar-refractivity contribution in [3.63, 3.8) is 0 Å². The number of phenolic OH excluding ortho intramolecular Hbond substituents is 1. The minimum Gasteiger partial charge on any atom is -0.508 e. The summed E-state index contributed by atoms with van der Waals surface area (Å²) in [7, 11) is 0. The summed E-state index contributed by atoms with van der Waals surface area (Å²) >= 11 is 0. The lowest BCUT2D eigenvalue weighted by Crippen LogP contribution is -2.02. The fourth-order valence-corrected chi connectivity index (χ4v) is 2.61. The van der Waals surface area contributed by atoms with E-state index in [1.807, 2.05) is 12.1 Å². The van der Waals surface area contributed by atoms with Crippen LogP contribution in [0.4, 0.5) is 0 Å². The maximum absolute atomic E-state index is 9.35. The number of fused-ring (bicyclic) bond motifs is 1. The number of aromatic nitrogens is 1. The van der Waals surface area contributed by atoms with Gasteiger partial charge >= 0.3 is 0 Å². The van der Waals surface area contributed by atoms with E-state index < -0.39 is 0 Å². The molecule has 3 rings (SSSR count). The van der Waals surface area contributed by atoms with Crippen molar-refractivity contribution in [1.82, 2.24) is 4.57 Å². The molecule has 3 aromatic rings. The van der Waals surface area contributed by atoms with Crippen molar-refractivity contribution in [2.45, 2.75) is 13.0 Å². The molecule has 2 aromatic carbocycles. The first-order valence-corrected chi connectivity index (χ1v) is 6.82. The van der Waals surface area contributed by atoms with Crippen molar-refractivity contribution in [2.24, 2.45) is 5.73 Å². The molecule has 1 heterocycles. The van der Waals surface area contributed by atoms with Gasteiger partial charge in [0.1, 0.15) is 5.75 Å². The van der Waals surface area contributed by atoms with Crippen LogP contribution in [0.15, 0.2) is 54.7 Å². The first-order valence-electron chi connectivity index (χ1n) is 6.82. The Labute approximate surface area is 118 Å². The van der Waals surface area contributed by atoms with Gasteiger partial charge in [0.2, 0.25) is 0 Å². The van der Waals surface area contributed by atoms with Gasteiger partial charge in [-0.1, -0.05) is 30.3 Å². The SMILES string of the molecule is NCCc1cn(Cc2ccc(O)cc2)c2ccccc12. The van der Waals surface area contributed by atoms with Crippen LogP contribution in [0.1, 0.15) is 11.1 Å². The van der Waals surface area contributed by atoms with Crippen LogP contribution in [-0.4, -0.2) is 16.2 Å². The summed E-state index contributed by atoms with van der Waals surface area (Å²) < 4.78 is 2.24. The molecule has 0 aliphatic carbocycles. The van der Waals surface area contributed by atoms with E-state index in [0.717, 1.165) is 13.0 Å². The Morgan fingerprint density at radius 3 is 2.50 bits per heavy atom. The van der Waals surface area contributed by atoms with Crippen molar-refractivity contribution >= 4 is 10.9 Å². The van der Waals surface area contributed by atoms with Crippen LogP contribution < -0.4 is 5.73 Å². The summed E-state index contributed by atoms with van der Waals surface area (Å²) in [6, 6.07) is 15.8. The number of nitrogens with zero attached hydrogens (tertiary/aromatic N) is 1. The lowest BCUT2D eigenvalue weighted by Gasteiger charge is -2.05. The van der Waals surface area contributed by atoms with Gasteiger partial charge in [-0.05, 0) is 42.3 Å². The molecule has 3 N–H and O–H groups in total. The predicted molar refractivity (Wildman–Crippen MR) is 81.9 cm³/mol. The topological polar surface area (TPSA) is 51.2 Å². The number of aromatic hydroxyl groups is 1. The quantitative estimate of drug-likeness (QED) is 0.763. The van der Waals surface area contributed by atoms with E-state index in [4.69, 9.17) is 5.73 Å². The molecule has 3 heteroatoms. The molecule has 0 fully saturated rings. The number of rotatable bonds is 4. The second-order valence-electron chi connectivity index (χ2n) is 5.00. The molecule has 0 unspecified atom stereocenters. The Kier molecular flexibility index (Phi) is 3.44. The third kappa shape index (κ3) is 2.40. The van der Waals surface area contributed by atoms with Crippen LogP contribution in [0.3, 0.4) is 0 Å². The summed E-state index contributed by atoms with van der Waals surface area (Å²) in [6.45, 7) is 1.46. The second-order valence-corrected chi connectivity index (χ2v) is 5.00. The number of hydrogen-bond donors (Lipinski definition) is 2. The Bertz CT molecular complexity index is 713. The van der Waals surface area contributed by atoms with Gasteiger partial charge in [-0.15, -0.1) is 0 Å². The number of phenols is 1. The van der Waals surface area contributed by atoms with E-state index in [1.165, 1.54) is 22.0 Å². The molecule has 0 saturated heterocycles. The van der Waals surface area contributed by atoms with E-state index >= 15 is 0 Å². The highest BCUT2D eigenvalue weighted by Gasteiger charge is 2.07. The van der Waals surface area contributed by atoms with Crippen LogP contribution >= 0.6 is 0 Å². The molecule has 0 aliphatic rings. The third-order valence-electron chi connectivity index (χ3n) is 3.57. The normalized spacial score (nSPS) is 11.1. The lowest BCUT2D eigenvalue weighted by molar-refractivity contribution is 0.475. The highest BCUT2D eigenvalue weighted by molar-refractivity contribution is 5.84. The van der Waals surface area contributed by atoms with Crippen LogP contribution in [0.5, 0.6) is 5.75 Å². The minimum absolute atomic E-state index is 0.301. The van der Waals surface area contributed by atoms with E-state index in [0.29, 0.717) is 12.3 Å². The molecule has 3 nitrogen and oxygen atoms in total. The zero-order chi connectivity index (χ0) is 13.9. The van der Waals surface area contributed by atoms with Gasteiger partial charge < -0.3 is 15.4 Å². The first-order chi connectivity index (χ1) is 9.78. The van der Waals surface area contributed by atoms with E-state index in [9.17, 15) is 5.11 Å². The van der Waals surface area contributed by atoms with Gasteiger partial charge in [-0.2, -0.15) is 0 Å². The van der Waals surface area contributed by atoms with Crippen LogP contribution in [-0.2, 0) is 13.0 Å². The minimum atomic E-state index is 0.301. The number of nitrogens with two attached hydrogens (primary N) is 1. The Hall–Kier alpha value is -2.26. The first kappa shape index (κ1) is 12.8. The van der Waals surface area contributed by atoms with Crippen molar-refractivity contribution in [2.75, 3.05) is 6.54 Å². The molecule has 0 spiro atoms. The molecular formula is C17H18N2O. The van der Waals surface area contributed by atoms with Crippen LogP contribution in [0.25, 0.3) is 10.9 Å².